The van der Waals surface area contributed by atoms with Gasteiger partial charge < -0.3 is 15.0 Å². The van der Waals surface area contributed by atoms with E-state index in [2.05, 4.69) is 41.7 Å². The monoisotopic (exact) mass is 498 g/mol. The Morgan fingerprint density at radius 2 is 1.76 bits per heavy atom. The first kappa shape index (κ1) is 25.5. The van der Waals surface area contributed by atoms with E-state index in [0.29, 0.717) is 0 Å². The quantitative estimate of drug-likeness (QED) is 0.449. The molecule has 0 aromatic heterocycles. The van der Waals surface area contributed by atoms with E-state index in [-0.39, 0.29) is 29.9 Å². The number of para-hydroxylation sites is 1. The van der Waals surface area contributed by atoms with Gasteiger partial charge in [-0.1, -0.05) is 68.4 Å². The number of carbonyl (C=O) groups excluding carboxylic acids is 2. The number of esters is 1. The van der Waals surface area contributed by atoms with Crippen molar-refractivity contribution in [2.75, 3.05) is 18.6 Å². The summed E-state index contributed by atoms with van der Waals surface area (Å²) < 4.78 is 4.94. The van der Waals surface area contributed by atoms with Gasteiger partial charge >= 0.3 is 5.97 Å². The topological polar surface area (TPSA) is 58.6 Å². The Morgan fingerprint density at radius 3 is 2.54 bits per heavy atom. The Morgan fingerprint density at radius 1 is 1.03 bits per heavy atom. The first-order chi connectivity index (χ1) is 18.0. The number of methoxy groups -OCH3 is 1. The van der Waals surface area contributed by atoms with E-state index in [0.717, 1.165) is 49.9 Å². The summed E-state index contributed by atoms with van der Waals surface area (Å²) in [7, 11) is 1.38. The van der Waals surface area contributed by atoms with Crippen LogP contribution in [0.1, 0.15) is 69.6 Å². The molecule has 3 aromatic carbocycles. The predicted octanol–water partition coefficient (Wildman–Crippen LogP) is 6.02. The molecule has 194 valence electrons. The van der Waals surface area contributed by atoms with Gasteiger partial charge in [-0.15, -0.1) is 0 Å². The third-order valence-corrected chi connectivity index (χ3v) is 8.62. The average Bonchev–Trinajstić information content (AvgIpc) is 3.34. The van der Waals surface area contributed by atoms with Crippen LogP contribution in [-0.4, -0.2) is 31.6 Å². The van der Waals surface area contributed by atoms with Gasteiger partial charge in [0.15, 0.2) is 0 Å². The van der Waals surface area contributed by atoms with Crippen molar-refractivity contribution in [3.8, 4) is 0 Å². The first-order valence-electron chi connectivity index (χ1n) is 13.7. The second-order valence-electron chi connectivity index (χ2n) is 10.6. The van der Waals surface area contributed by atoms with Gasteiger partial charge in [-0.05, 0) is 79.1 Å². The maximum atomic E-state index is 13.9. The lowest BCUT2D eigenvalue weighted by molar-refractivity contribution is -0.144. The van der Waals surface area contributed by atoms with Crippen molar-refractivity contribution >= 4 is 28.3 Å². The van der Waals surface area contributed by atoms with Gasteiger partial charge in [0.05, 0.1) is 18.9 Å². The molecule has 3 aromatic rings. The summed E-state index contributed by atoms with van der Waals surface area (Å²) in [4.78, 5) is 28.1. The fraction of sp³-hybridized carbons (Fsp3) is 0.438. The zero-order valence-corrected chi connectivity index (χ0v) is 22.5. The number of ether oxygens (including phenoxy) is 1. The highest BCUT2D eigenvalue weighted by Crippen LogP contribution is 2.48. The van der Waals surface area contributed by atoms with Crippen molar-refractivity contribution in [1.29, 1.82) is 0 Å². The molecule has 1 aliphatic carbocycles. The van der Waals surface area contributed by atoms with Crippen LogP contribution in [0.25, 0.3) is 10.8 Å². The highest BCUT2D eigenvalue weighted by Gasteiger charge is 2.51. The van der Waals surface area contributed by atoms with E-state index in [1.165, 1.54) is 29.0 Å². The van der Waals surface area contributed by atoms with E-state index in [9.17, 15) is 9.59 Å². The normalized spacial score (nSPS) is 26.3. The molecule has 1 amide bonds. The van der Waals surface area contributed by atoms with Crippen molar-refractivity contribution in [2.24, 2.45) is 0 Å². The molecule has 6 rings (SSSR count). The molecule has 37 heavy (non-hydrogen) atoms. The molecule has 2 heterocycles. The third-order valence-electron chi connectivity index (χ3n) is 8.62. The molecule has 2 aliphatic heterocycles. The molecule has 0 saturated carbocycles. The Kier molecular flexibility index (Phi) is 6.84. The Hall–Kier alpha value is -3.18. The SMILES string of the molecule is CC.COC(=O)CC1(C)C(=O)N(C2CCCC3(Cc4cccc5cccc3c45)NCC2)c2ccccc21. The number of nitrogens with one attached hydrogen (secondary N) is 1. The van der Waals surface area contributed by atoms with Crippen LogP contribution in [-0.2, 0) is 31.7 Å². The Labute approximate surface area is 220 Å². The Balaban J connectivity index is 0.00000137. The largest absolute Gasteiger partial charge is 0.469 e. The van der Waals surface area contributed by atoms with E-state index < -0.39 is 5.41 Å². The van der Waals surface area contributed by atoms with E-state index in [1.807, 2.05) is 49.9 Å². The Bertz CT molecular complexity index is 1320. The van der Waals surface area contributed by atoms with Gasteiger partial charge in [0.1, 0.15) is 0 Å². The average molecular weight is 499 g/mol. The van der Waals surface area contributed by atoms with Crippen LogP contribution in [0.3, 0.4) is 0 Å². The summed E-state index contributed by atoms with van der Waals surface area (Å²) in [5.41, 5.74) is 3.83. The second kappa shape index (κ2) is 9.94. The lowest BCUT2D eigenvalue weighted by Gasteiger charge is -2.38. The van der Waals surface area contributed by atoms with E-state index in [1.54, 1.807) is 0 Å². The molecule has 1 N–H and O–H groups in total. The number of benzene rings is 3. The van der Waals surface area contributed by atoms with Crippen LogP contribution in [0.5, 0.6) is 0 Å². The van der Waals surface area contributed by atoms with Gasteiger partial charge in [-0.3, -0.25) is 9.59 Å². The number of anilines is 1. The fourth-order valence-electron chi connectivity index (χ4n) is 6.91. The minimum absolute atomic E-state index is 0.0161. The van der Waals surface area contributed by atoms with Crippen LogP contribution in [0.2, 0.25) is 0 Å². The van der Waals surface area contributed by atoms with Gasteiger partial charge in [-0.25, -0.2) is 0 Å². The van der Waals surface area contributed by atoms with Crippen molar-refractivity contribution in [1.82, 2.24) is 5.32 Å². The van der Waals surface area contributed by atoms with Crippen molar-refractivity contribution in [3.05, 3.63) is 77.4 Å². The van der Waals surface area contributed by atoms with Crippen LogP contribution in [0.15, 0.2) is 60.7 Å². The lowest BCUT2D eigenvalue weighted by atomic mass is 9.80. The second-order valence-corrected chi connectivity index (χ2v) is 10.6. The molecule has 3 aliphatic rings. The maximum absolute atomic E-state index is 13.9. The molecule has 3 unspecified atom stereocenters. The van der Waals surface area contributed by atoms with Crippen molar-refractivity contribution < 1.29 is 14.3 Å². The lowest BCUT2D eigenvalue weighted by Crippen LogP contribution is -2.50. The summed E-state index contributed by atoms with van der Waals surface area (Å²) in [6.07, 6.45) is 4.98. The molecule has 0 radical (unpaired) electrons. The first-order valence-corrected chi connectivity index (χ1v) is 13.7. The van der Waals surface area contributed by atoms with E-state index in [4.69, 9.17) is 4.74 Å². The molecule has 1 saturated heterocycles. The van der Waals surface area contributed by atoms with Gasteiger partial charge in [-0.2, -0.15) is 0 Å². The number of hydrogen-bond acceptors (Lipinski definition) is 4. The third kappa shape index (κ3) is 4.04. The molecule has 0 bridgehead atoms. The van der Waals surface area contributed by atoms with Gasteiger partial charge in [0, 0.05) is 17.3 Å². The van der Waals surface area contributed by atoms with Crippen molar-refractivity contribution in [2.45, 2.75) is 76.3 Å². The summed E-state index contributed by atoms with van der Waals surface area (Å²) in [6, 6.07) is 21.4. The summed E-state index contributed by atoms with van der Waals surface area (Å²) in [5.74, 6) is -0.337. The highest BCUT2D eigenvalue weighted by molar-refractivity contribution is 6.09. The minimum atomic E-state index is -0.885. The van der Waals surface area contributed by atoms with Gasteiger partial charge in [0.25, 0.3) is 0 Å². The minimum Gasteiger partial charge on any atom is -0.469 e. The fourth-order valence-corrected chi connectivity index (χ4v) is 6.91. The number of rotatable bonds is 3. The van der Waals surface area contributed by atoms with Crippen LogP contribution >= 0.6 is 0 Å². The molecular weight excluding hydrogens is 460 g/mol. The summed E-state index contributed by atoms with van der Waals surface area (Å²) in [5, 5.41) is 6.69. The van der Waals surface area contributed by atoms with Crippen LogP contribution in [0.4, 0.5) is 5.69 Å². The van der Waals surface area contributed by atoms with Crippen molar-refractivity contribution in [3.63, 3.8) is 0 Å². The number of nitrogens with zero attached hydrogens (tertiary/aromatic N) is 1. The number of fused-ring (bicyclic) bond motifs is 2. The smallest absolute Gasteiger partial charge is 0.306 e. The highest BCUT2D eigenvalue weighted by atomic mass is 16.5. The summed E-state index contributed by atoms with van der Waals surface area (Å²) in [6.45, 7) is 6.73. The number of hydrogen-bond donors (Lipinski definition) is 1. The zero-order chi connectivity index (χ0) is 26.2. The maximum Gasteiger partial charge on any atom is 0.306 e. The van der Waals surface area contributed by atoms with Crippen LogP contribution in [0, 0.1) is 0 Å². The molecule has 3 atom stereocenters. The molecular formula is C32H38N2O3. The molecule has 1 spiro atoms. The standard InChI is InChI=1S/C30H32N2O3.C2H6/c1-29(19-26(33)35-2)23-12-3-4-14-25(23)32(28(29)34)22-11-7-16-30(31-17-15-22)18-21-10-5-8-20-9-6-13-24(30)27(20)21;1-2/h3-6,8-10,12-14,22,31H,7,11,15-19H2,1-2H3;1-2H3. The molecule has 5 nitrogen and oxygen atoms in total. The number of carbonyl (C=O) groups is 2. The zero-order valence-electron chi connectivity index (χ0n) is 22.5. The molecule has 5 heteroatoms. The van der Waals surface area contributed by atoms with Crippen LogP contribution < -0.4 is 10.2 Å². The van der Waals surface area contributed by atoms with Gasteiger partial charge in [0.2, 0.25) is 5.91 Å². The number of amides is 1. The van der Waals surface area contributed by atoms with E-state index >= 15 is 0 Å². The predicted molar refractivity (Wildman–Crippen MR) is 149 cm³/mol. The summed E-state index contributed by atoms with van der Waals surface area (Å²) >= 11 is 0. The molecule has 1 fully saturated rings.